The number of hydrogen-bond acceptors (Lipinski definition) is 8. The van der Waals surface area contributed by atoms with Crippen LogP contribution in [0, 0.1) is 0 Å². The van der Waals surface area contributed by atoms with E-state index in [0.29, 0.717) is 19.5 Å². The third-order valence-electron chi connectivity index (χ3n) is 3.37. The molecule has 1 heterocycles. The van der Waals surface area contributed by atoms with Gasteiger partial charge in [-0.05, 0) is 6.42 Å². The van der Waals surface area contributed by atoms with E-state index in [0.717, 1.165) is 0 Å². The van der Waals surface area contributed by atoms with Gasteiger partial charge in [-0.1, -0.05) is 0 Å². The van der Waals surface area contributed by atoms with E-state index >= 15 is 0 Å². The van der Waals surface area contributed by atoms with Gasteiger partial charge in [-0.2, -0.15) is 0 Å². The van der Waals surface area contributed by atoms with Crippen molar-refractivity contribution in [2.24, 2.45) is 0 Å². The van der Waals surface area contributed by atoms with Crippen LogP contribution in [0.15, 0.2) is 0 Å². The van der Waals surface area contributed by atoms with Crippen LogP contribution in [0.2, 0.25) is 0 Å². The number of nitrogens with one attached hydrogen (secondary N) is 1. The van der Waals surface area contributed by atoms with E-state index in [1.54, 1.807) is 0 Å². The van der Waals surface area contributed by atoms with E-state index < -0.39 is 24.0 Å². The molecule has 2 atom stereocenters. The van der Waals surface area contributed by atoms with Gasteiger partial charge in [0, 0.05) is 13.1 Å². The molecule has 1 saturated heterocycles. The molecular weight excluding hydrogens is 296 g/mol. The van der Waals surface area contributed by atoms with Crippen molar-refractivity contribution in [3.63, 3.8) is 0 Å². The minimum Gasteiger partial charge on any atom is -0.469 e. The van der Waals surface area contributed by atoms with E-state index in [4.69, 9.17) is 4.89 Å². The number of hydrogen-bond donors (Lipinski definition) is 1. The monoisotopic (exact) mass is 318 g/mol. The fourth-order valence-corrected chi connectivity index (χ4v) is 2.24. The Kier molecular flexibility index (Phi) is 7.78. The summed E-state index contributed by atoms with van der Waals surface area (Å²) in [4.78, 5) is 46.4. The zero-order valence-electron chi connectivity index (χ0n) is 13.0. The second-order valence-corrected chi connectivity index (χ2v) is 4.63. The van der Waals surface area contributed by atoms with Crippen LogP contribution in [0.5, 0.6) is 0 Å². The highest BCUT2D eigenvalue weighted by Crippen LogP contribution is 2.14. The topological polar surface area (TPSA) is 103 Å². The number of rotatable bonds is 8. The highest BCUT2D eigenvalue weighted by Gasteiger charge is 2.38. The van der Waals surface area contributed by atoms with Gasteiger partial charge in [0.2, 0.25) is 5.91 Å². The van der Waals surface area contributed by atoms with Gasteiger partial charge < -0.3 is 19.7 Å². The molecule has 1 fully saturated rings. The fourth-order valence-electron chi connectivity index (χ4n) is 2.24. The molecule has 1 amide bonds. The average molecular weight is 318 g/mol. The number of nitrogens with zero attached hydrogens (tertiary/aromatic N) is 1. The summed E-state index contributed by atoms with van der Waals surface area (Å²) in [6.07, 6.45) is 0.144. The Morgan fingerprint density at radius 3 is 2.64 bits per heavy atom. The first-order chi connectivity index (χ1) is 10.5. The van der Waals surface area contributed by atoms with Crippen LogP contribution in [0.4, 0.5) is 0 Å². The minimum atomic E-state index is -0.988. The third kappa shape index (κ3) is 4.93. The quantitative estimate of drug-likeness (QED) is 0.259. The molecule has 0 aliphatic carbocycles. The number of methoxy groups -OCH3 is 2. The van der Waals surface area contributed by atoms with E-state index in [2.05, 4.69) is 19.7 Å². The Morgan fingerprint density at radius 2 is 2.05 bits per heavy atom. The highest BCUT2D eigenvalue weighted by molar-refractivity contribution is 5.90. The summed E-state index contributed by atoms with van der Waals surface area (Å²) in [6.45, 7) is 1.03. The van der Waals surface area contributed by atoms with Crippen LogP contribution in [-0.2, 0) is 33.6 Å². The molecule has 1 rings (SSSR count). The molecule has 9 heteroatoms. The molecule has 0 radical (unpaired) electrons. The second-order valence-electron chi connectivity index (χ2n) is 4.63. The van der Waals surface area contributed by atoms with Crippen LogP contribution in [0.1, 0.15) is 12.8 Å². The van der Waals surface area contributed by atoms with Crippen LogP contribution in [0.3, 0.4) is 0 Å². The van der Waals surface area contributed by atoms with Crippen molar-refractivity contribution in [3.8, 4) is 0 Å². The summed E-state index contributed by atoms with van der Waals surface area (Å²) in [7, 11) is 3.82. The predicted octanol–water partition coefficient (Wildman–Crippen LogP) is -1.14. The lowest BCUT2D eigenvalue weighted by Crippen LogP contribution is -2.60. The van der Waals surface area contributed by atoms with E-state index in [9.17, 15) is 14.4 Å². The molecule has 22 heavy (non-hydrogen) atoms. The zero-order chi connectivity index (χ0) is 16.5. The number of carbonyl (C=O) groups excluding carboxylic acids is 3. The SMILES string of the molecule is COOCCC1NCCN(C(CC(=O)OC)C(=O)OC)C1=O. The van der Waals surface area contributed by atoms with Crippen molar-refractivity contribution in [2.45, 2.75) is 24.9 Å². The van der Waals surface area contributed by atoms with E-state index in [1.807, 2.05) is 0 Å². The molecular formula is C13H22N2O7. The van der Waals surface area contributed by atoms with Crippen molar-refractivity contribution in [1.82, 2.24) is 10.2 Å². The smallest absolute Gasteiger partial charge is 0.329 e. The number of ether oxygens (including phenoxy) is 2. The Balaban J connectivity index is 2.77. The fraction of sp³-hybridized carbons (Fsp3) is 0.769. The molecule has 0 spiro atoms. The van der Waals surface area contributed by atoms with Crippen LogP contribution in [-0.4, -0.2) is 75.9 Å². The zero-order valence-corrected chi connectivity index (χ0v) is 13.0. The van der Waals surface area contributed by atoms with Gasteiger partial charge in [-0.3, -0.25) is 9.59 Å². The van der Waals surface area contributed by atoms with Crippen LogP contribution < -0.4 is 5.32 Å². The molecule has 1 N–H and O–H groups in total. The van der Waals surface area contributed by atoms with Crippen molar-refractivity contribution >= 4 is 17.8 Å². The molecule has 0 aromatic rings. The number of esters is 2. The van der Waals surface area contributed by atoms with Crippen molar-refractivity contribution in [1.29, 1.82) is 0 Å². The average Bonchev–Trinajstić information content (AvgIpc) is 2.53. The Morgan fingerprint density at radius 1 is 1.32 bits per heavy atom. The maximum absolute atomic E-state index is 12.5. The summed E-state index contributed by atoms with van der Waals surface area (Å²) < 4.78 is 9.26. The molecule has 1 aliphatic heterocycles. The van der Waals surface area contributed by atoms with Gasteiger partial charge in [0.1, 0.15) is 6.04 Å². The minimum absolute atomic E-state index is 0.230. The largest absolute Gasteiger partial charge is 0.469 e. The highest BCUT2D eigenvalue weighted by atomic mass is 17.2. The van der Waals surface area contributed by atoms with Gasteiger partial charge in [-0.15, -0.1) is 0 Å². The summed E-state index contributed by atoms with van der Waals surface area (Å²) in [5.74, 6) is -1.52. The molecule has 0 saturated carbocycles. The van der Waals surface area contributed by atoms with Gasteiger partial charge in [-0.25, -0.2) is 14.6 Å². The summed E-state index contributed by atoms with van der Waals surface area (Å²) >= 11 is 0. The molecule has 2 unspecified atom stereocenters. The lowest BCUT2D eigenvalue weighted by atomic mass is 10.1. The third-order valence-corrected chi connectivity index (χ3v) is 3.37. The lowest BCUT2D eigenvalue weighted by Gasteiger charge is -2.36. The second kappa shape index (κ2) is 9.34. The van der Waals surface area contributed by atoms with Crippen molar-refractivity contribution in [2.75, 3.05) is 41.0 Å². The Bertz CT molecular complexity index is 402. The number of amides is 1. The van der Waals surface area contributed by atoms with Crippen molar-refractivity contribution < 1.29 is 33.6 Å². The summed E-state index contributed by atoms with van der Waals surface area (Å²) in [5, 5.41) is 3.04. The Labute approximate surface area is 128 Å². The molecule has 126 valence electrons. The lowest BCUT2D eigenvalue weighted by molar-refractivity contribution is -0.273. The van der Waals surface area contributed by atoms with Gasteiger partial charge in [0.05, 0.1) is 40.4 Å². The van der Waals surface area contributed by atoms with Gasteiger partial charge in [0.15, 0.2) is 0 Å². The first-order valence-electron chi connectivity index (χ1n) is 6.89. The first-order valence-corrected chi connectivity index (χ1v) is 6.89. The molecule has 1 aliphatic rings. The molecule has 0 bridgehead atoms. The number of carbonyl (C=O) groups is 3. The van der Waals surface area contributed by atoms with Gasteiger partial charge >= 0.3 is 11.9 Å². The van der Waals surface area contributed by atoms with E-state index in [-0.39, 0.29) is 18.9 Å². The molecule has 9 nitrogen and oxygen atoms in total. The van der Waals surface area contributed by atoms with Crippen LogP contribution >= 0.6 is 0 Å². The summed E-state index contributed by atoms with van der Waals surface area (Å²) in [5.41, 5.74) is 0. The standard InChI is InChI=1S/C13H22N2O7/c1-19-11(16)8-10(13(18)20-2)15-6-5-14-9(12(15)17)4-7-22-21-3/h9-10,14H,4-8H2,1-3H3. The summed E-state index contributed by atoms with van der Waals surface area (Å²) in [6, 6.07) is -1.49. The van der Waals surface area contributed by atoms with Crippen LogP contribution in [0.25, 0.3) is 0 Å². The number of piperazine rings is 1. The Hall–Kier alpha value is -1.71. The maximum Gasteiger partial charge on any atom is 0.329 e. The predicted molar refractivity (Wildman–Crippen MR) is 73.5 cm³/mol. The molecule has 0 aromatic heterocycles. The first kappa shape index (κ1) is 18.3. The van der Waals surface area contributed by atoms with E-state index in [1.165, 1.54) is 26.2 Å². The molecule has 0 aromatic carbocycles. The van der Waals surface area contributed by atoms with Crippen molar-refractivity contribution in [3.05, 3.63) is 0 Å². The normalized spacial score (nSPS) is 19.7. The van der Waals surface area contributed by atoms with Gasteiger partial charge in [0.25, 0.3) is 0 Å². The maximum atomic E-state index is 12.5.